The zero-order chi connectivity index (χ0) is 22.4. The van der Waals surface area contributed by atoms with E-state index in [0.717, 1.165) is 5.56 Å². The molecule has 0 unspecified atom stereocenters. The molecule has 3 aromatic rings. The summed E-state index contributed by atoms with van der Waals surface area (Å²) < 4.78 is 0. The Bertz CT molecular complexity index is 927. The number of rotatable bonds is 5. The van der Waals surface area contributed by atoms with Gasteiger partial charge in [-0.2, -0.15) is 0 Å². The van der Waals surface area contributed by atoms with E-state index in [0.29, 0.717) is 11.9 Å². The third-order valence-electron chi connectivity index (χ3n) is 5.41. The molecule has 0 fully saturated rings. The first-order chi connectivity index (χ1) is 14.3. The molecule has 0 saturated heterocycles. The van der Waals surface area contributed by atoms with Crippen molar-refractivity contribution in [3.05, 3.63) is 101 Å². The van der Waals surface area contributed by atoms with E-state index in [-0.39, 0.29) is 7.43 Å². The monoisotopic (exact) mass is 498 g/mol. The molecule has 3 rings (SSSR count). The van der Waals surface area contributed by atoms with Crippen molar-refractivity contribution < 1.29 is 19.4 Å². The number of ketones is 1. The number of benzene rings is 3. The molecule has 3 aromatic carbocycles. The van der Waals surface area contributed by atoms with Crippen molar-refractivity contribution in [1.29, 1.82) is 0 Å². The summed E-state index contributed by atoms with van der Waals surface area (Å²) in [4.78, 5) is 11.0. The summed E-state index contributed by atoms with van der Waals surface area (Å²) >= 11 is 3.35. The molecular formula is C27H34ClNiOP+. The molecule has 0 heterocycles. The molecule has 0 bridgehead atoms. The number of halogens is 1. The van der Waals surface area contributed by atoms with Gasteiger partial charge in [-0.1, -0.05) is 53.6 Å². The van der Waals surface area contributed by atoms with Crippen molar-refractivity contribution in [2.45, 2.75) is 41.5 Å². The van der Waals surface area contributed by atoms with Gasteiger partial charge in [0.1, 0.15) is 10.6 Å². The van der Waals surface area contributed by atoms with Crippen LogP contribution in [-0.4, -0.2) is 16.7 Å². The summed E-state index contributed by atoms with van der Waals surface area (Å²) in [6, 6.07) is 19.1. The summed E-state index contributed by atoms with van der Waals surface area (Å²) in [5.41, 5.74) is 8.88. The molecule has 0 amide bonds. The Morgan fingerprint density at radius 1 is 0.742 bits per heavy atom. The van der Waals surface area contributed by atoms with Crippen LogP contribution in [0, 0.1) is 49.0 Å². The molecular weight excluding hydrogens is 465 g/mol. The van der Waals surface area contributed by atoms with E-state index in [1.807, 2.05) is 30.3 Å². The van der Waals surface area contributed by atoms with Gasteiger partial charge in [0.2, 0.25) is 0 Å². The third-order valence-corrected chi connectivity index (χ3v) is 8.88. The molecule has 0 radical (unpaired) electrons. The predicted octanol–water partition coefficient (Wildman–Crippen LogP) is 6.43. The molecule has 0 aliphatic heterocycles. The first-order valence-electron chi connectivity index (χ1n) is 10.0. The summed E-state index contributed by atoms with van der Waals surface area (Å²) in [6.07, 6.45) is 0.699. The van der Waals surface area contributed by atoms with Gasteiger partial charge in [-0.3, -0.25) is 4.79 Å². The molecule has 1 nitrogen and oxygen atoms in total. The summed E-state index contributed by atoms with van der Waals surface area (Å²) in [5.74, 6) is 0.494. The normalized spacial score (nSPS) is 10.3. The van der Waals surface area contributed by atoms with Crippen LogP contribution in [0.15, 0.2) is 54.6 Å². The van der Waals surface area contributed by atoms with Crippen LogP contribution >= 0.6 is 18.1 Å². The fraction of sp³-hybridized carbons (Fsp3) is 0.259. The van der Waals surface area contributed by atoms with Crippen molar-refractivity contribution in [3.63, 3.8) is 0 Å². The molecule has 31 heavy (non-hydrogen) atoms. The Labute approximate surface area is 202 Å². The van der Waals surface area contributed by atoms with Crippen molar-refractivity contribution in [1.82, 2.24) is 0 Å². The van der Waals surface area contributed by atoms with Gasteiger partial charge < -0.3 is 7.43 Å². The first kappa shape index (κ1) is 27.6. The Morgan fingerprint density at radius 3 is 1.45 bits per heavy atom. The van der Waals surface area contributed by atoms with Gasteiger partial charge in [0.15, 0.2) is 6.16 Å². The maximum absolute atomic E-state index is 11.0. The van der Waals surface area contributed by atoms with Gasteiger partial charge in [0.05, 0.1) is 13.5 Å². The second-order valence-electron chi connectivity index (χ2n) is 8.02. The Hall–Kier alpha value is -1.46. The van der Waals surface area contributed by atoms with Gasteiger partial charge in [0, 0.05) is 0 Å². The fourth-order valence-electron chi connectivity index (χ4n) is 4.51. The number of aryl methyl sites for hydroxylation is 6. The topological polar surface area (TPSA) is 21.4 Å². The minimum atomic E-state index is -1.19. The molecule has 0 aliphatic rings. The predicted molar refractivity (Wildman–Crippen MR) is 139 cm³/mol. The fourth-order valence-corrected chi connectivity index (χ4v) is 7.85. The second kappa shape index (κ2) is 12.5. The van der Waals surface area contributed by atoms with Crippen LogP contribution < -0.4 is 10.6 Å². The number of hydrogen-bond acceptors (Lipinski definition) is 0. The average molecular weight is 500 g/mol. The van der Waals surface area contributed by atoms with Crippen molar-refractivity contribution in [2.24, 2.45) is 0 Å². The van der Waals surface area contributed by atoms with E-state index >= 15 is 0 Å². The average Bonchev–Trinajstić information content (AvgIpc) is 2.68. The van der Waals surface area contributed by atoms with Gasteiger partial charge in [-0.25, -0.2) is 0 Å². The zero-order valence-electron chi connectivity index (χ0n) is 19.5. The molecule has 0 aromatic heterocycles. The SMILES string of the molecule is Cc1cc(C)c([PH+](CC(=[OH+])c2ccccc2)c2c(C)cc(C)cc2C)c(C)c1.[CH3-].[Cl][Ni]. The van der Waals surface area contributed by atoms with Gasteiger partial charge in [0.25, 0.3) is 0 Å². The van der Waals surface area contributed by atoms with Crippen LogP contribution in [0.1, 0.15) is 38.9 Å². The van der Waals surface area contributed by atoms with Gasteiger partial charge in [-0.15, -0.1) is 0 Å². The van der Waals surface area contributed by atoms with Crippen LogP contribution in [0.5, 0.6) is 0 Å². The van der Waals surface area contributed by atoms with Crippen LogP contribution in [0.2, 0.25) is 0 Å². The van der Waals surface area contributed by atoms with Crippen molar-refractivity contribution >= 4 is 34.5 Å². The van der Waals surface area contributed by atoms with E-state index in [2.05, 4.69) is 90.6 Å². The standard InChI is InChI=1S/C26H29OP.CH3.ClH.Ni/c1-17-12-19(3)25(20(4)13-17)28(16-24(27)23-10-8-7-9-11-23)26-21(5)14-18(2)15-22(26)6;;;/h7-15H,16H2,1-6H3;1H3;1H;/q;-1;;+1/p+1. The third kappa shape index (κ3) is 6.76. The van der Waals surface area contributed by atoms with E-state index in [9.17, 15) is 4.79 Å². The Kier molecular flexibility index (Phi) is 11.2. The quantitative estimate of drug-likeness (QED) is 0.127. The first-order valence-corrected chi connectivity index (χ1v) is 13.1. The minimum absolute atomic E-state index is 0. The summed E-state index contributed by atoms with van der Waals surface area (Å²) in [5, 5.41) is 2.88. The molecule has 0 atom stereocenters. The molecule has 169 valence electrons. The number of hydrogen-bond donors (Lipinski definition) is 0. The Balaban J connectivity index is 0.00000156. The Morgan fingerprint density at radius 2 is 1.10 bits per heavy atom. The van der Waals surface area contributed by atoms with E-state index in [4.69, 9.17) is 0 Å². The number of carbonyl (C=O) groups excluding carboxylic acids is 1. The molecule has 0 saturated carbocycles. The van der Waals surface area contributed by atoms with Gasteiger partial charge in [-0.05, 0) is 75.9 Å². The van der Waals surface area contributed by atoms with Crippen LogP contribution in [0.25, 0.3) is 0 Å². The summed E-state index contributed by atoms with van der Waals surface area (Å²) in [6.45, 7) is 13.2. The van der Waals surface area contributed by atoms with Crippen LogP contribution in [0.3, 0.4) is 0 Å². The van der Waals surface area contributed by atoms with Crippen LogP contribution in [-0.2, 0) is 14.6 Å². The van der Waals surface area contributed by atoms with E-state index < -0.39 is 7.92 Å². The van der Waals surface area contributed by atoms with Crippen molar-refractivity contribution in [2.75, 3.05) is 6.16 Å². The van der Waals surface area contributed by atoms with E-state index in [1.54, 1.807) is 0 Å². The summed E-state index contributed by atoms with van der Waals surface area (Å²) in [7, 11) is 3.08. The molecule has 4 heteroatoms. The van der Waals surface area contributed by atoms with Crippen LogP contribution in [0.4, 0.5) is 0 Å². The van der Waals surface area contributed by atoms with Gasteiger partial charge >= 0.3 is 30.6 Å². The maximum atomic E-state index is 11.0. The molecule has 0 spiro atoms. The molecule has 0 aliphatic carbocycles. The van der Waals surface area contributed by atoms with E-state index in [1.165, 1.54) is 44.0 Å². The zero-order valence-corrected chi connectivity index (χ0v) is 22.3. The second-order valence-corrected chi connectivity index (χ2v) is 10.3. The van der Waals surface area contributed by atoms with Crippen molar-refractivity contribution in [3.8, 4) is 0 Å². The molecule has 1 N–H and O–H groups in total.